The van der Waals surface area contributed by atoms with Crippen molar-refractivity contribution in [3.05, 3.63) is 108 Å². The predicted octanol–water partition coefficient (Wildman–Crippen LogP) is 2.39. The largest absolute Gasteiger partial charge is 0.480 e. The molecule has 0 aliphatic carbocycles. The predicted molar refractivity (Wildman–Crippen MR) is 412 cm³/mol. The molecule has 16 N–H and O–H groups in total. The highest BCUT2D eigenvalue weighted by atomic mass is 16.4. The number of hydrogen-bond donors (Lipinski definition) is 13. The Morgan fingerprint density at radius 3 is 0.963 bits per heavy atom. The van der Waals surface area contributed by atoms with Crippen LogP contribution in [0, 0.1) is 29.6 Å². The van der Waals surface area contributed by atoms with Crippen LogP contribution in [0.4, 0.5) is 0 Å². The molecule has 3 heterocycles. The quantitative estimate of drug-likeness (QED) is 0.0387. The summed E-state index contributed by atoms with van der Waals surface area (Å²) in [6.45, 7) is 18.8. The first-order valence-corrected chi connectivity index (χ1v) is 39.0. The van der Waals surface area contributed by atoms with Crippen LogP contribution in [0.3, 0.4) is 0 Å². The number of likely N-dealkylation sites (tertiary alicyclic amines) is 3. The van der Waals surface area contributed by atoms with E-state index in [1.807, 2.05) is 71.9 Å². The van der Waals surface area contributed by atoms with Gasteiger partial charge < -0.3 is 84.9 Å². The molecule has 0 unspecified atom stereocenters. The molecule has 3 saturated heterocycles. The van der Waals surface area contributed by atoms with Gasteiger partial charge in [0.25, 0.3) is 0 Å². The molecule has 600 valence electrons. The molecule has 12 amide bonds. The molecule has 0 spiro atoms. The van der Waals surface area contributed by atoms with Gasteiger partial charge in [-0.25, -0.2) is 4.79 Å². The van der Waals surface area contributed by atoms with Gasteiger partial charge in [-0.05, 0) is 143 Å². The fourth-order valence-electron chi connectivity index (χ4n) is 14.3. The van der Waals surface area contributed by atoms with E-state index in [0.29, 0.717) is 36.8 Å². The van der Waals surface area contributed by atoms with Gasteiger partial charge in [-0.3, -0.25) is 57.5 Å². The summed E-state index contributed by atoms with van der Waals surface area (Å²) in [5.41, 5.74) is 20.3. The zero-order valence-corrected chi connectivity index (χ0v) is 65.2. The van der Waals surface area contributed by atoms with Gasteiger partial charge in [0.05, 0.1) is 6.04 Å². The summed E-state index contributed by atoms with van der Waals surface area (Å²) in [5, 5.41) is 35.5. The first-order valence-electron chi connectivity index (χ1n) is 39.0. The van der Waals surface area contributed by atoms with Crippen molar-refractivity contribution in [1.29, 1.82) is 0 Å². The van der Waals surface area contributed by atoms with E-state index in [1.54, 1.807) is 88.4 Å². The van der Waals surface area contributed by atoms with Gasteiger partial charge in [0.15, 0.2) is 0 Å². The van der Waals surface area contributed by atoms with E-state index in [-0.39, 0.29) is 128 Å². The third kappa shape index (κ3) is 27.0. The standard InChI is InChI=1S/C80H121N15O14/c1-47(2)41-55(83)68(96)88-60(44-52-25-14-11-15-26-52)77(105)93-38-22-33-63(93)73(101)91-66(50(7)8)75(103)84-56(31-20-36-81)69(97)86-58(42-48(3)4)71(99)89-61(45-53-27-16-12-17-28-53)78(106)94-39-23-34-64(94)74(102)92-67(51(9)10)76(104)85-57(32-21-37-82)70(98)87-59(43-49(5)6)72(100)90-62(46-54-29-18-13-19-30-54)79(107)95-40-24-35-65(95)80(108)109/h11-19,25-30,47-51,55-67H,20-24,31-46,81-83H2,1-10H3,(H,84,103)(H,85,104)(H,86,97)(H,87,98)(H,88,96)(H,89,99)(H,90,100)(H,91,101)(H,92,102)(H,108,109)/t55-,56-,57-,58-,59-,60+,61+,62+,63-,64-,65-,66-,67-/m0/s1. The molecule has 0 bridgehead atoms. The minimum atomic E-state index is -1.30. The van der Waals surface area contributed by atoms with Gasteiger partial charge in [-0.2, -0.15) is 0 Å². The Morgan fingerprint density at radius 2 is 0.661 bits per heavy atom. The number of aliphatic carboxylic acids is 1. The molecule has 29 heteroatoms. The molecule has 109 heavy (non-hydrogen) atoms. The van der Waals surface area contributed by atoms with E-state index in [4.69, 9.17) is 17.2 Å². The first-order chi connectivity index (χ1) is 51.8. The van der Waals surface area contributed by atoms with Gasteiger partial charge in [-0.15, -0.1) is 0 Å². The number of carbonyl (C=O) groups is 13. The zero-order chi connectivity index (χ0) is 80.2. The van der Waals surface area contributed by atoms with Crippen LogP contribution in [0.5, 0.6) is 0 Å². The third-order valence-electron chi connectivity index (χ3n) is 20.1. The highest BCUT2D eigenvalue weighted by molar-refractivity contribution is 6.00. The van der Waals surface area contributed by atoms with E-state index in [2.05, 4.69) is 47.9 Å². The van der Waals surface area contributed by atoms with E-state index < -0.39 is 167 Å². The summed E-state index contributed by atoms with van der Waals surface area (Å²) < 4.78 is 0. The normalized spacial score (nSPS) is 18.5. The minimum Gasteiger partial charge on any atom is -0.480 e. The first kappa shape index (κ1) is 88.6. The van der Waals surface area contributed by atoms with Gasteiger partial charge in [-0.1, -0.05) is 160 Å². The molecule has 3 aromatic carbocycles. The van der Waals surface area contributed by atoms with Crippen molar-refractivity contribution in [3.8, 4) is 0 Å². The molecule has 0 saturated carbocycles. The van der Waals surface area contributed by atoms with E-state index in [9.17, 15) is 62.6 Å². The third-order valence-corrected chi connectivity index (χ3v) is 20.1. The lowest BCUT2D eigenvalue weighted by molar-refractivity contribution is -0.149. The van der Waals surface area contributed by atoms with Crippen LogP contribution in [0.1, 0.15) is 169 Å². The number of benzene rings is 3. The summed E-state index contributed by atoms with van der Waals surface area (Å²) >= 11 is 0. The number of nitrogens with zero attached hydrogens (tertiary/aromatic N) is 3. The Bertz CT molecular complexity index is 3530. The van der Waals surface area contributed by atoms with Crippen LogP contribution in [-0.4, -0.2) is 208 Å². The van der Waals surface area contributed by atoms with Crippen LogP contribution >= 0.6 is 0 Å². The maximum absolute atomic E-state index is 15.2. The lowest BCUT2D eigenvalue weighted by atomic mass is 9.99. The fraction of sp³-hybridized carbons (Fsp3) is 0.613. The second-order valence-electron chi connectivity index (χ2n) is 31.2. The second-order valence-corrected chi connectivity index (χ2v) is 31.2. The monoisotopic (exact) mass is 1520 g/mol. The molecule has 3 aliphatic heterocycles. The van der Waals surface area contributed by atoms with Crippen molar-refractivity contribution in [3.63, 3.8) is 0 Å². The number of carboxylic acid groups (broad SMARTS) is 1. The Kier molecular flexibility index (Phi) is 35.5. The summed E-state index contributed by atoms with van der Waals surface area (Å²) in [6, 6.07) is 11.8. The molecule has 3 aromatic rings. The molecule has 3 aliphatic rings. The van der Waals surface area contributed by atoms with Crippen molar-refractivity contribution >= 4 is 76.9 Å². The fourth-order valence-corrected chi connectivity index (χ4v) is 14.3. The lowest BCUT2D eigenvalue weighted by Gasteiger charge is -2.32. The van der Waals surface area contributed by atoms with Crippen LogP contribution in [0.25, 0.3) is 0 Å². The van der Waals surface area contributed by atoms with E-state index in [1.165, 1.54) is 14.7 Å². The number of nitrogens with two attached hydrogens (primary N) is 3. The molecule has 29 nitrogen and oxygen atoms in total. The molecular formula is C80H121N15O14. The van der Waals surface area contributed by atoms with Crippen molar-refractivity contribution in [2.45, 2.75) is 251 Å². The van der Waals surface area contributed by atoms with Crippen LogP contribution < -0.4 is 65.1 Å². The van der Waals surface area contributed by atoms with Gasteiger partial charge in [0, 0.05) is 38.9 Å². The molecule has 13 atom stereocenters. The summed E-state index contributed by atoms with van der Waals surface area (Å²) in [4.78, 5) is 190. The van der Waals surface area contributed by atoms with Gasteiger partial charge in [0.2, 0.25) is 70.9 Å². The van der Waals surface area contributed by atoms with E-state index in [0.717, 1.165) is 5.56 Å². The number of carboxylic acids is 1. The van der Waals surface area contributed by atoms with Crippen molar-refractivity contribution < 1.29 is 67.4 Å². The second kappa shape index (κ2) is 43.7. The number of nitrogens with one attached hydrogen (secondary N) is 9. The average Bonchev–Trinajstić information content (AvgIpc) is 1.75. The molecule has 0 radical (unpaired) electrons. The van der Waals surface area contributed by atoms with Crippen molar-refractivity contribution in [1.82, 2.24) is 62.6 Å². The molecular weight excluding hydrogens is 1390 g/mol. The number of carbonyl (C=O) groups excluding carboxylic acids is 12. The smallest absolute Gasteiger partial charge is 0.326 e. The maximum atomic E-state index is 15.2. The Labute approximate surface area is 641 Å². The average molecular weight is 1520 g/mol. The topological polar surface area (TPSA) is 438 Å². The zero-order valence-electron chi connectivity index (χ0n) is 65.2. The Morgan fingerprint density at radius 1 is 0.376 bits per heavy atom. The van der Waals surface area contributed by atoms with Crippen molar-refractivity contribution in [2.75, 3.05) is 32.7 Å². The maximum Gasteiger partial charge on any atom is 0.326 e. The SMILES string of the molecule is CC(C)C[C@H](NC(=O)[C@H](CCCN)NC(=O)[C@@H](NC(=O)[C@@H]1CCCN1C(=O)[C@@H](Cc1ccccc1)NC(=O)[C@H](CC(C)C)NC(=O)[C@H](CCCN)NC(=O)[C@@H](NC(=O)[C@@H]1CCCN1C(=O)[C@@H](Cc1ccccc1)NC(=O)[C@@H](N)CC(C)C)C(C)C)C(C)C)C(=O)N[C@H](Cc1ccccc1)C(=O)N1CCC[C@H]1C(=O)O. The number of rotatable bonds is 42. The van der Waals surface area contributed by atoms with Gasteiger partial charge >= 0.3 is 5.97 Å². The summed E-state index contributed by atoms with van der Waals surface area (Å²) in [7, 11) is 0. The lowest BCUT2D eigenvalue weighted by Crippen LogP contribution is -2.61. The number of amides is 12. The van der Waals surface area contributed by atoms with Crippen molar-refractivity contribution in [2.24, 2.45) is 46.8 Å². The Balaban J connectivity index is 1.16. The number of hydrogen-bond acceptors (Lipinski definition) is 16. The highest BCUT2D eigenvalue weighted by Gasteiger charge is 2.45. The van der Waals surface area contributed by atoms with Crippen LogP contribution in [0.2, 0.25) is 0 Å². The molecule has 6 rings (SSSR count). The van der Waals surface area contributed by atoms with Gasteiger partial charge in [0.1, 0.15) is 72.5 Å². The summed E-state index contributed by atoms with van der Waals surface area (Å²) in [5.74, 6) is -10.4. The summed E-state index contributed by atoms with van der Waals surface area (Å²) in [6.07, 6.45) is 3.30. The Hall–Kier alpha value is -9.35. The highest BCUT2D eigenvalue weighted by Crippen LogP contribution is 2.25. The molecule has 0 aromatic heterocycles. The molecule has 3 fully saturated rings. The van der Waals surface area contributed by atoms with Crippen LogP contribution in [0.15, 0.2) is 91.0 Å². The minimum absolute atomic E-state index is 0.0280. The van der Waals surface area contributed by atoms with Crippen LogP contribution in [-0.2, 0) is 81.6 Å². The van der Waals surface area contributed by atoms with E-state index >= 15 is 4.79 Å².